The Balaban J connectivity index is 1.83. The number of aliphatic hydroxyl groups excluding tert-OH is 1. The number of hydrogen-bond acceptors (Lipinski definition) is 6. The SMILES string of the molecule is CCCCCCCCCCCCCC(=O)OC[C@@H](O)COC(=O)CCCCCCC/C=C\CC1OC1CCCCC. The van der Waals surface area contributed by atoms with Crippen molar-refractivity contribution in [3.05, 3.63) is 12.2 Å². The summed E-state index contributed by atoms with van der Waals surface area (Å²) in [7, 11) is 0. The molecule has 1 saturated heterocycles. The Hall–Kier alpha value is -1.40. The largest absolute Gasteiger partial charge is 0.463 e. The molecule has 41 heavy (non-hydrogen) atoms. The first kappa shape index (κ1) is 37.6. The standard InChI is InChI=1S/C35H64O6/c1-3-5-7-8-9-10-11-12-16-19-23-27-34(37)39-29-31(36)30-40-35(38)28-24-20-17-14-13-15-18-22-26-33-32(41-33)25-21-6-4-2/h18,22,31-33,36H,3-17,19-21,23-30H2,1-2H3/b22-18-/t31-,32?,33?/m1/s1. The van der Waals surface area contributed by atoms with Crippen LogP contribution in [-0.4, -0.2) is 48.6 Å². The van der Waals surface area contributed by atoms with Crippen LogP contribution in [0.4, 0.5) is 0 Å². The third kappa shape index (κ3) is 24.9. The smallest absolute Gasteiger partial charge is 0.305 e. The zero-order valence-electron chi connectivity index (χ0n) is 26.8. The van der Waals surface area contributed by atoms with Crippen LogP contribution in [-0.2, 0) is 23.8 Å². The van der Waals surface area contributed by atoms with Gasteiger partial charge in [-0.2, -0.15) is 0 Å². The molecule has 1 aliphatic rings. The van der Waals surface area contributed by atoms with E-state index >= 15 is 0 Å². The van der Waals surface area contributed by atoms with Crippen molar-refractivity contribution >= 4 is 11.9 Å². The Morgan fingerprint density at radius 3 is 1.63 bits per heavy atom. The van der Waals surface area contributed by atoms with Crippen LogP contribution in [0, 0.1) is 0 Å². The summed E-state index contributed by atoms with van der Waals surface area (Å²) in [6, 6.07) is 0. The molecule has 1 fully saturated rings. The Morgan fingerprint density at radius 2 is 1.10 bits per heavy atom. The molecule has 1 N–H and O–H groups in total. The first-order valence-corrected chi connectivity index (χ1v) is 17.4. The van der Waals surface area contributed by atoms with Crippen molar-refractivity contribution in [2.45, 2.75) is 186 Å². The van der Waals surface area contributed by atoms with Gasteiger partial charge in [-0.05, 0) is 38.5 Å². The number of carbonyl (C=O) groups excluding carboxylic acids is 2. The molecule has 0 aromatic heterocycles. The highest BCUT2D eigenvalue weighted by atomic mass is 16.6. The van der Waals surface area contributed by atoms with Gasteiger partial charge >= 0.3 is 11.9 Å². The first-order chi connectivity index (χ1) is 20.1. The van der Waals surface area contributed by atoms with Crippen LogP contribution in [0.15, 0.2) is 12.2 Å². The quantitative estimate of drug-likeness (QED) is 0.0394. The number of epoxide rings is 1. The molecule has 240 valence electrons. The van der Waals surface area contributed by atoms with Crippen LogP contribution in [0.1, 0.15) is 168 Å². The normalized spacial score (nSPS) is 17.1. The lowest BCUT2D eigenvalue weighted by atomic mass is 10.1. The molecule has 0 aromatic carbocycles. The van der Waals surface area contributed by atoms with E-state index in [0.29, 0.717) is 25.0 Å². The van der Waals surface area contributed by atoms with Crippen LogP contribution >= 0.6 is 0 Å². The number of carbonyl (C=O) groups is 2. The lowest BCUT2D eigenvalue weighted by molar-refractivity contribution is -0.152. The van der Waals surface area contributed by atoms with E-state index in [1.165, 1.54) is 89.9 Å². The molecule has 6 heteroatoms. The minimum atomic E-state index is -0.966. The molecule has 0 saturated carbocycles. The summed E-state index contributed by atoms with van der Waals surface area (Å²) >= 11 is 0. The van der Waals surface area contributed by atoms with Gasteiger partial charge in [-0.3, -0.25) is 9.59 Å². The zero-order valence-corrected chi connectivity index (χ0v) is 26.8. The van der Waals surface area contributed by atoms with Gasteiger partial charge < -0.3 is 19.3 Å². The van der Waals surface area contributed by atoms with Gasteiger partial charge in [0, 0.05) is 12.8 Å². The van der Waals surface area contributed by atoms with E-state index in [9.17, 15) is 14.7 Å². The molecule has 0 aromatic rings. The number of allylic oxidation sites excluding steroid dienone is 1. The maximum Gasteiger partial charge on any atom is 0.305 e. The maximum atomic E-state index is 11.9. The van der Waals surface area contributed by atoms with Gasteiger partial charge in [0.05, 0.1) is 12.2 Å². The number of unbranched alkanes of at least 4 members (excludes halogenated alkanes) is 17. The van der Waals surface area contributed by atoms with E-state index in [4.69, 9.17) is 14.2 Å². The summed E-state index contributed by atoms with van der Waals surface area (Å²) in [5.41, 5.74) is 0. The molecule has 0 spiro atoms. The van der Waals surface area contributed by atoms with E-state index in [2.05, 4.69) is 26.0 Å². The minimum absolute atomic E-state index is 0.119. The summed E-state index contributed by atoms with van der Waals surface area (Å²) in [5, 5.41) is 9.96. The van der Waals surface area contributed by atoms with Gasteiger partial charge in [-0.1, -0.05) is 129 Å². The lowest BCUT2D eigenvalue weighted by Crippen LogP contribution is -2.25. The maximum absolute atomic E-state index is 11.9. The third-order valence-corrected chi connectivity index (χ3v) is 7.92. The first-order valence-electron chi connectivity index (χ1n) is 17.4. The zero-order chi connectivity index (χ0) is 29.8. The Bertz CT molecular complexity index is 649. The molecule has 6 nitrogen and oxygen atoms in total. The van der Waals surface area contributed by atoms with Crippen molar-refractivity contribution in [1.29, 1.82) is 0 Å². The molecule has 1 rings (SSSR count). The summed E-state index contributed by atoms with van der Waals surface area (Å²) in [5.74, 6) is -0.584. The molecule has 1 aliphatic heterocycles. The van der Waals surface area contributed by atoms with Crippen LogP contribution in [0.25, 0.3) is 0 Å². The van der Waals surface area contributed by atoms with Gasteiger partial charge in [-0.15, -0.1) is 0 Å². The van der Waals surface area contributed by atoms with Gasteiger partial charge in [-0.25, -0.2) is 0 Å². The Morgan fingerprint density at radius 1 is 0.634 bits per heavy atom. The number of hydrogen-bond donors (Lipinski definition) is 1. The molecular formula is C35H64O6. The monoisotopic (exact) mass is 580 g/mol. The molecule has 1 heterocycles. The van der Waals surface area contributed by atoms with Crippen molar-refractivity contribution < 1.29 is 28.9 Å². The average Bonchev–Trinajstić information content (AvgIpc) is 3.72. The van der Waals surface area contributed by atoms with E-state index in [1.54, 1.807) is 0 Å². The van der Waals surface area contributed by atoms with E-state index < -0.39 is 6.10 Å². The van der Waals surface area contributed by atoms with Crippen LogP contribution in [0.3, 0.4) is 0 Å². The second kappa shape index (κ2) is 27.4. The molecule has 0 amide bonds. The molecule has 0 bridgehead atoms. The summed E-state index contributed by atoms with van der Waals surface area (Å²) in [6.45, 7) is 4.24. The highest BCUT2D eigenvalue weighted by Crippen LogP contribution is 2.30. The second-order valence-corrected chi connectivity index (χ2v) is 12.0. The molecule has 3 atom stereocenters. The number of ether oxygens (including phenoxy) is 3. The molecule has 2 unspecified atom stereocenters. The fourth-order valence-electron chi connectivity index (χ4n) is 5.15. The van der Waals surface area contributed by atoms with Crippen LogP contribution in [0.2, 0.25) is 0 Å². The van der Waals surface area contributed by atoms with Crippen LogP contribution in [0.5, 0.6) is 0 Å². The molecule has 0 radical (unpaired) electrons. The number of rotatable bonds is 30. The summed E-state index contributed by atoms with van der Waals surface area (Å²) < 4.78 is 16.0. The predicted octanol–water partition coefficient (Wildman–Crippen LogP) is 9.16. The van der Waals surface area contributed by atoms with E-state index in [-0.39, 0.29) is 25.2 Å². The van der Waals surface area contributed by atoms with Gasteiger partial charge in [0.1, 0.15) is 19.3 Å². The minimum Gasteiger partial charge on any atom is -0.463 e. The topological polar surface area (TPSA) is 85.4 Å². The van der Waals surface area contributed by atoms with E-state index in [0.717, 1.165) is 51.4 Å². The van der Waals surface area contributed by atoms with Crippen LogP contribution < -0.4 is 0 Å². The van der Waals surface area contributed by atoms with Crippen molar-refractivity contribution in [2.24, 2.45) is 0 Å². The second-order valence-electron chi connectivity index (χ2n) is 12.0. The van der Waals surface area contributed by atoms with Gasteiger partial charge in [0.15, 0.2) is 0 Å². The fourth-order valence-corrected chi connectivity index (χ4v) is 5.15. The molecular weight excluding hydrogens is 516 g/mol. The van der Waals surface area contributed by atoms with Gasteiger partial charge in [0.25, 0.3) is 0 Å². The van der Waals surface area contributed by atoms with Crippen molar-refractivity contribution in [1.82, 2.24) is 0 Å². The number of esters is 2. The highest BCUT2D eigenvalue weighted by Gasteiger charge is 2.36. The van der Waals surface area contributed by atoms with Crippen molar-refractivity contribution in [3.8, 4) is 0 Å². The summed E-state index contributed by atoms with van der Waals surface area (Å²) in [6.07, 6.45) is 31.4. The third-order valence-electron chi connectivity index (χ3n) is 7.92. The predicted molar refractivity (Wildman–Crippen MR) is 168 cm³/mol. The van der Waals surface area contributed by atoms with E-state index in [1.807, 2.05) is 0 Å². The van der Waals surface area contributed by atoms with Gasteiger partial charge in [0.2, 0.25) is 0 Å². The summed E-state index contributed by atoms with van der Waals surface area (Å²) in [4.78, 5) is 23.8. The number of aliphatic hydroxyl groups is 1. The average molecular weight is 581 g/mol. The van der Waals surface area contributed by atoms with Crippen molar-refractivity contribution in [2.75, 3.05) is 13.2 Å². The highest BCUT2D eigenvalue weighted by molar-refractivity contribution is 5.69. The Labute approximate surface area is 252 Å². The van der Waals surface area contributed by atoms with Crippen molar-refractivity contribution in [3.63, 3.8) is 0 Å². The fraction of sp³-hybridized carbons (Fsp3) is 0.886. The lowest BCUT2D eigenvalue weighted by Gasteiger charge is -2.12. The Kier molecular flexibility index (Phi) is 25.2. The molecule has 0 aliphatic carbocycles.